The summed E-state index contributed by atoms with van der Waals surface area (Å²) in [4.78, 5) is 4.42. The van der Waals surface area contributed by atoms with Gasteiger partial charge in [0.25, 0.3) is 0 Å². The van der Waals surface area contributed by atoms with Gasteiger partial charge in [0, 0.05) is 12.6 Å². The van der Waals surface area contributed by atoms with Crippen LogP contribution >= 0.6 is 0 Å². The smallest absolute Gasteiger partial charge is 0.221 e. The summed E-state index contributed by atoms with van der Waals surface area (Å²) in [5, 5.41) is 3.18. The van der Waals surface area contributed by atoms with Gasteiger partial charge in [-0.1, -0.05) is 12.1 Å². The van der Waals surface area contributed by atoms with E-state index in [1.807, 2.05) is 31.2 Å². The molecule has 0 atom stereocenters. The highest BCUT2D eigenvalue weighted by Gasteiger charge is 2.06. The van der Waals surface area contributed by atoms with Gasteiger partial charge >= 0.3 is 0 Å². The lowest BCUT2D eigenvalue weighted by Crippen LogP contribution is -2.00. The molecule has 1 aromatic heterocycles. The molecule has 100 valence electrons. The van der Waals surface area contributed by atoms with E-state index in [9.17, 15) is 0 Å². The molecule has 19 heavy (non-hydrogen) atoms. The molecule has 2 rings (SSSR count). The molecule has 0 bridgehead atoms. The van der Waals surface area contributed by atoms with E-state index in [-0.39, 0.29) is 0 Å². The predicted molar refractivity (Wildman–Crippen MR) is 79.1 cm³/mol. The van der Waals surface area contributed by atoms with E-state index >= 15 is 0 Å². The van der Waals surface area contributed by atoms with Crippen molar-refractivity contribution in [1.29, 1.82) is 0 Å². The predicted octanol–water partition coefficient (Wildman–Crippen LogP) is 4.23. The van der Waals surface area contributed by atoms with Crippen LogP contribution in [-0.2, 0) is 0 Å². The van der Waals surface area contributed by atoms with E-state index in [1.165, 1.54) is 11.1 Å². The van der Waals surface area contributed by atoms with Crippen LogP contribution in [0.3, 0.4) is 0 Å². The number of nitrogens with zero attached hydrogens (tertiary/aromatic N) is 1. The lowest BCUT2D eigenvalue weighted by atomic mass is 10.1. The Hall–Kier alpha value is -2.03. The SMILES string of the molecule is CCNc1cccc(Oc2cc(C)cc(C)c2C)n1. The van der Waals surface area contributed by atoms with Gasteiger partial charge in [-0.25, -0.2) is 0 Å². The second-order valence-electron chi connectivity index (χ2n) is 4.70. The molecule has 0 aliphatic rings. The summed E-state index contributed by atoms with van der Waals surface area (Å²) in [7, 11) is 0. The van der Waals surface area contributed by atoms with Crippen molar-refractivity contribution in [1.82, 2.24) is 4.98 Å². The van der Waals surface area contributed by atoms with Crippen molar-refractivity contribution in [2.24, 2.45) is 0 Å². The van der Waals surface area contributed by atoms with E-state index < -0.39 is 0 Å². The molecule has 1 aromatic carbocycles. The topological polar surface area (TPSA) is 34.1 Å². The molecule has 0 fully saturated rings. The summed E-state index contributed by atoms with van der Waals surface area (Å²) in [5.41, 5.74) is 3.58. The van der Waals surface area contributed by atoms with Gasteiger partial charge in [-0.3, -0.25) is 0 Å². The van der Waals surface area contributed by atoms with Crippen LogP contribution in [0.1, 0.15) is 23.6 Å². The normalized spacial score (nSPS) is 10.3. The van der Waals surface area contributed by atoms with Crippen molar-refractivity contribution in [3.63, 3.8) is 0 Å². The highest BCUT2D eigenvalue weighted by atomic mass is 16.5. The van der Waals surface area contributed by atoms with Crippen molar-refractivity contribution in [2.75, 3.05) is 11.9 Å². The fourth-order valence-electron chi connectivity index (χ4n) is 1.97. The summed E-state index contributed by atoms with van der Waals surface area (Å²) in [6, 6.07) is 9.95. The molecule has 0 unspecified atom stereocenters. The van der Waals surface area contributed by atoms with E-state index in [2.05, 4.69) is 37.1 Å². The highest BCUT2D eigenvalue weighted by molar-refractivity contribution is 5.44. The van der Waals surface area contributed by atoms with Crippen molar-refractivity contribution < 1.29 is 4.74 Å². The molecule has 1 N–H and O–H groups in total. The Kier molecular flexibility index (Phi) is 4.05. The number of nitrogens with one attached hydrogen (secondary N) is 1. The molecule has 3 heteroatoms. The monoisotopic (exact) mass is 256 g/mol. The van der Waals surface area contributed by atoms with Crippen LogP contribution in [0.4, 0.5) is 5.82 Å². The minimum atomic E-state index is 0.617. The lowest BCUT2D eigenvalue weighted by molar-refractivity contribution is 0.459. The first kappa shape index (κ1) is 13.4. The Bertz CT molecular complexity index is 579. The van der Waals surface area contributed by atoms with Crippen LogP contribution < -0.4 is 10.1 Å². The van der Waals surface area contributed by atoms with Crippen molar-refractivity contribution in [2.45, 2.75) is 27.7 Å². The maximum atomic E-state index is 5.91. The molecule has 0 radical (unpaired) electrons. The zero-order valence-electron chi connectivity index (χ0n) is 11.9. The molecule has 3 nitrogen and oxygen atoms in total. The first-order valence-electron chi connectivity index (χ1n) is 6.56. The van der Waals surface area contributed by atoms with Crippen LogP contribution in [0.25, 0.3) is 0 Å². The minimum Gasteiger partial charge on any atom is -0.439 e. The summed E-state index contributed by atoms with van der Waals surface area (Å²) >= 11 is 0. The molecule has 1 heterocycles. The number of aromatic nitrogens is 1. The zero-order valence-corrected chi connectivity index (χ0v) is 11.9. The van der Waals surface area contributed by atoms with Crippen molar-refractivity contribution in [3.8, 4) is 11.6 Å². The van der Waals surface area contributed by atoms with Gasteiger partial charge in [0.2, 0.25) is 5.88 Å². The Morgan fingerprint density at radius 3 is 2.68 bits per heavy atom. The molecular formula is C16H20N2O. The maximum absolute atomic E-state index is 5.91. The van der Waals surface area contributed by atoms with Crippen LogP contribution in [0.2, 0.25) is 0 Å². The molecule has 0 aliphatic carbocycles. The molecule has 0 amide bonds. The van der Waals surface area contributed by atoms with E-state index in [1.54, 1.807) is 0 Å². The first-order chi connectivity index (χ1) is 9.10. The third kappa shape index (κ3) is 3.25. The molecule has 0 spiro atoms. The van der Waals surface area contributed by atoms with Crippen LogP contribution in [0.15, 0.2) is 30.3 Å². The lowest BCUT2D eigenvalue weighted by Gasteiger charge is -2.12. The average Bonchev–Trinajstić information content (AvgIpc) is 2.36. The van der Waals surface area contributed by atoms with Gasteiger partial charge in [0.15, 0.2) is 0 Å². The third-order valence-corrected chi connectivity index (χ3v) is 3.06. The maximum Gasteiger partial charge on any atom is 0.221 e. The van der Waals surface area contributed by atoms with Gasteiger partial charge < -0.3 is 10.1 Å². The van der Waals surface area contributed by atoms with E-state index in [0.717, 1.165) is 23.7 Å². The Morgan fingerprint density at radius 1 is 1.16 bits per heavy atom. The number of rotatable bonds is 4. The van der Waals surface area contributed by atoms with Gasteiger partial charge in [0.05, 0.1) is 0 Å². The standard InChI is InChI=1S/C16H20N2O/c1-5-17-15-7-6-8-16(18-15)19-14-10-11(2)9-12(3)13(14)4/h6-10H,5H2,1-4H3,(H,17,18). The zero-order chi connectivity index (χ0) is 13.8. The largest absolute Gasteiger partial charge is 0.439 e. The second kappa shape index (κ2) is 5.74. The Balaban J connectivity index is 2.28. The minimum absolute atomic E-state index is 0.617. The molecule has 0 aliphatic heterocycles. The van der Waals surface area contributed by atoms with Crippen LogP contribution in [0, 0.1) is 20.8 Å². The molecule has 0 saturated heterocycles. The molecule has 0 saturated carbocycles. The van der Waals surface area contributed by atoms with Gasteiger partial charge in [-0.05, 0) is 56.5 Å². The number of hydrogen-bond acceptors (Lipinski definition) is 3. The Morgan fingerprint density at radius 2 is 1.95 bits per heavy atom. The summed E-state index contributed by atoms with van der Waals surface area (Å²) in [6.45, 7) is 9.13. The second-order valence-corrected chi connectivity index (χ2v) is 4.70. The number of benzene rings is 1. The van der Waals surface area contributed by atoms with Crippen molar-refractivity contribution in [3.05, 3.63) is 47.0 Å². The molecule has 2 aromatic rings. The van der Waals surface area contributed by atoms with Gasteiger partial charge in [-0.2, -0.15) is 4.98 Å². The summed E-state index contributed by atoms with van der Waals surface area (Å²) in [5.74, 6) is 2.33. The number of anilines is 1. The van der Waals surface area contributed by atoms with Gasteiger partial charge in [-0.15, -0.1) is 0 Å². The quantitative estimate of drug-likeness (QED) is 0.888. The number of aryl methyl sites for hydroxylation is 2. The van der Waals surface area contributed by atoms with Crippen LogP contribution in [-0.4, -0.2) is 11.5 Å². The fourth-order valence-corrected chi connectivity index (χ4v) is 1.97. The van der Waals surface area contributed by atoms with E-state index in [4.69, 9.17) is 4.74 Å². The number of pyridine rings is 1. The first-order valence-corrected chi connectivity index (χ1v) is 6.56. The van der Waals surface area contributed by atoms with E-state index in [0.29, 0.717) is 5.88 Å². The molecular weight excluding hydrogens is 236 g/mol. The van der Waals surface area contributed by atoms with Crippen molar-refractivity contribution >= 4 is 5.82 Å². The number of hydrogen-bond donors (Lipinski definition) is 1. The summed E-state index contributed by atoms with van der Waals surface area (Å²) in [6.07, 6.45) is 0. The van der Waals surface area contributed by atoms with Crippen LogP contribution in [0.5, 0.6) is 11.6 Å². The Labute approximate surface area is 114 Å². The average molecular weight is 256 g/mol. The highest BCUT2D eigenvalue weighted by Crippen LogP contribution is 2.27. The van der Waals surface area contributed by atoms with Gasteiger partial charge in [0.1, 0.15) is 11.6 Å². The summed E-state index contributed by atoms with van der Waals surface area (Å²) < 4.78 is 5.91. The third-order valence-electron chi connectivity index (χ3n) is 3.06. The fraction of sp³-hybridized carbons (Fsp3) is 0.312. The number of ether oxygens (including phenoxy) is 1.